The van der Waals surface area contributed by atoms with Gasteiger partial charge in [-0.3, -0.25) is 4.68 Å². The van der Waals surface area contributed by atoms with E-state index in [1.165, 1.54) is 16.9 Å². The van der Waals surface area contributed by atoms with Crippen molar-refractivity contribution in [1.82, 2.24) is 14.5 Å². The average Bonchev–Trinajstić information content (AvgIpc) is 2.52. The Labute approximate surface area is 83.1 Å². The van der Waals surface area contributed by atoms with Crippen molar-refractivity contribution < 1.29 is 8.42 Å². The van der Waals surface area contributed by atoms with E-state index in [2.05, 4.69) is 9.82 Å². The fraction of sp³-hybridized carbons (Fsp3) is 0.571. The number of nitrogens with two attached hydrogens (primary N) is 1. The zero-order chi connectivity index (χ0) is 10.6. The Morgan fingerprint density at radius 2 is 2.36 bits per heavy atom. The number of nitrogens with one attached hydrogen (secondary N) is 1. The van der Waals surface area contributed by atoms with Crippen LogP contribution in [0.25, 0.3) is 0 Å². The maximum absolute atomic E-state index is 11.6. The van der Waals surface area contributed by atoms with Crippen molar-refractivity contribution in [2.75, 3.05) is 13.1 Å². The molecule has 1 aromatic rings. The van der Waals surface area contributed by atoms with E-state index in [4.69, 9.17) is 5.73 Å². The molecule has 14 heavy (non-hydrogen) atoms. The van der Waals surface area contributed by atoms with Crippen LogP contribution in [0.15, 0.2) is 17.3 Å². The molecule has 0 bridgehead atoms. The Morgan fingerprint density at radius 1 is 1.64 bits per heavy atom. The SMILES string of the molecule is Cn1nccc1S(=O)(=O)NCCCN. The molecule has 80 valence electrons. The van der Waals surface area contributed by atoms with Gasteiger partial charge in [-0.25, -0.2) is 13.1 Å². The van der Waals surface area contributed by atoms with Crippen LogP contribution in [-0.4, -0.2) is 31.3 Å². The van der Waals surface area contributed by atoms with Gasteiger partial charge in [0.15, 0.2) is 5.03 Å². The highest BCUT2D eigenvalue weighted by molar-refractivity contribution is 7.89. The van der Waals surface area contributed by atoms with Crippen molar-refractivity contribution >= 4 is 10.0 Å². The third-order valence-corrected chi connectivity index (χ3v) is 3.26. The van der Waals surface area contributed by atoms with Crippen molar-refractivity contribution in [3.63, 3.8) is 0 Å². The summed E-state index contributed by atoms with van der Waals surface area (Å²) in [5, 5.41) is 3.95. The van der Waals surface area contributed by atoms with Crippen molar-refractivity contribution in [3.8, 4) is 0 Å². The molecule has 0 spiro atoms. The van der Waals surface area contributed by atoms with E-state index in [1.54, 1.807) is 7.05 Å². The van der Waals surface area contributed by atoms with Crippen LogP contribution in [0, 0.1) is 0 Å². The Balaban J connectivity index is 2.72. The van der Waals surface area contributed by atoms with Crippen molar-refractivity contribution in [2.24, 2.45) is 12.8 Å². The molecule has 0 saturated heterocycles. The molecule has 6 nitrogen and oxygen atoms in total. The van der Waals surface area contributed by atoms with Crippen molar-refractivity contribution in [1.29, 1.82) is 0 Å². The maximum Gasteiger partial charge on any atom is 0.257 e. The van der Waals surface area contributed by atoms with Crippen LogP contribution in [0.3, 0.4) is 0 Å². The molecule has 1 aromatic heterocycles. The lowest BCUT2D eigenvalue weighted by atomic mass is 10.4. The van der Waals surface area contributed by atoms with Gasteiger partial charge in [-0.2, -0.15) is 5.10 Å². The molecular weight excluding hydrogens is 204 g/mol. The highest BCUT2D eigenvalue weighted by Gasteiger charge is 2.16. The molecule has 0 fully saturated rings. The molecule has 1 heterocycles. The molecule has 0 unspecified atom stereocenters. The summed E-state index contributed by atoms with van der Waals surface area (Å²) in [6.07, 6.45) is 2.06. The van der Waals surface area contributed by atoms with Crippen LogP contribution >= 0.6 is 0 Å². The number of aryl methyl sites for hydroxylation is 1. The molecule has 1 rings (SSSR count). The van der Waals surface area contributed by atoms with E-state index in [9.17, 15) is 8.42 Å². The molecule has 0 aliphatic carbocycles. The van der Waals surface area contributed by atoms with Gasteiger partial charge in [0.2, 0.25) is 0 Å². The number of nitrogens with zero attached hydrogens (tertiary/aromatic N) is 2. The second-order valence-electron chi connectivity index (χ2n) is 2.83. The van der Waals surface area contributed by atoms with Gasteiger partial charge in [-0.1, -0.05) is 0 Å². The van der Waals surface area contributed by atoms with Crippen LogP contribution in [0.4, 0.5) is 0 Å². The van der Waals surface area contributed by atoms with Gasteiger partial charge >= 0.3 is 0 Å². The first kappa shape index (κ1) is 11.2. The maximum atomic E-state index is 11.6. The van der Waals surface area contributed by atoms with Crippen molar-refractivity contribution in [3.05, 3.63) is 12.3 Å². The standard InChI is InChI=1S/C7H14N4O2S/c1-11-7(3-6-9-11)14(12,13)10-5-2-4-8/h3,6,10H,2,4-5,8H2,1H3. The van der Waals surface area contributed by atoms with Gasteiger partial charge in [0.1, 0.15) is 0 Å². The Morgan fingerprint density at radius 3 is 2.86 bits per heavy atom. The van der Waals surface area contributed by atoms with Gasteiger partial charge < -0.3 is 5.73 Å². The molecule has 7 heteroatoms. The van der Waals surface area contributed by atoms with E-state index < -0.39 is 10.0 Å². The quantitative estimate of drug-likeness (QED) is 0.623. The molecule has 0 atom stereocenters. The number of hydrogen-bond donors (Lipinski definition) is 2. The molecular formula is C7H14N4O2S. The van der Waals surface area contributed by atoms with E-state index >= 15 is 0 Å². The lowest BCUT2D eigenvalue weighted by Crippen LogP contribution is -2.27. The topological polar surface area (TPSA) is 90.0 Å². The summed E-state index contributed by atoms with van der Waals surface area (Å²) in [6, 6.07) is 1.45. The summed E-state index contributed by atoms with van der Waals surface area (Å²) in [7, 11) is -1.84. The summed E-state index contributed by atoms with van der Waals surface area (Å²) >= 11 is 0. The summed E-state index contributed by atoms with van der Waals surface area (Å²) in [4.78, 5) is 0. The molecule has 0 saturated carbocycles. The minimum absolute atomic E-state index is 0.162. The van der Waals surface area contributed by atoms with Gasteiger partial charge in [0.25, 0.3) is 10.0 Å². The van der Waals surface area contributed by atoms with E-state index in [1.807, 2.05) is 0 Å². The van der Waals surface area contributed by atoms with Gasteiger partial charge in [-0.05, 0) is 19.0 Å². The third kappa shape index (κ3) is 2.53. The number of aromatic nitrogens is 2. The minimum atomic E-state index is -3.42. The van der Waals surface area contributed by atoms with Crippen LogP contribution in [0.1, 0.15) is 6.42 Å². The summed E-state index contributed by atoms with van der Waals surface area (Å²) in [5.41, 5.74) is 5.25. The molecule has 0 aromatic carbocycles. The van der Waals surface area contributed by atoms with Crippen molar-refractivity contribution in [2.45, 2.75) is 11.4 Å². The van der Waals surface area contributed by atoms with E-state index in [0.717, 1.165) is 0 Å². The predicted octanol–water partition coefficient (Wildman–Crippen LogP) is -0.953. The number of sulfonamides is 1. The molecule has 3 N–H and O–H groups in total. The number of rotatable bonds is 5. The van der Waals surface area contributed by atoms with Crippen LogP contribution < -0.4 is 10.5 Å². The first-order valence-electron chi connectivity index (χ1n) is 4.25. The van der Waals surface area contributed by atoms with Crippen LogP contribution in [-0.2, 0) is 17.1 Å². The minimum Gasteiger partial charge on any atom is -0.330 e. The zero-order valence-corrected chi connectivity index (χ0v) is 8.79. The van der Waals surface area contributed by atoms with Crippen LogP contribution in [0.2, 0.25) is 0 Å². The van der Waals surface area contributed by atoms with E-state index in [0.29, 0.717) is 19.5 Å². The monoisotopic (exact) mass is 218 g/mol. The average molecular weight is 218 g/mol. The normalized spacial score (nSPS) is 11.9. The van der Waals surface area contributed by atoms with Gasteiger partial charge in [0.05, 0.1) is 6.20 Å². The second kappa shape index (κ2) is 4.54. The Hall–Kier alpha value is -0.920. The van der Waals surface area contributed by atoms with Gasteiger partial charge in [0, 0.05) is 13.6 Å². The predicted molar refractivity (Wildman–Crippen MR) is 52.1 cm³/mol. The summed E-state index contributed by atoms with van der Waals surface area (Å²) in [6.45, 7) is 0.817. The molecule has 0 radical (unpaired) electrons. The van der Waals surface area contributed by atoms with Gasteiger partial charge in [-0.15, -0.1) is 0 Å². The van der Waals surface area contributed by atoms with Crippen LogP contribution in [0.5, 0.6) is 0 Å². The first-order chi connectivity index (χ1) is 6.58. The zero-order valence-electron chi connectivity index (χ0n) is 7.97. The number of hydrogen-bond acceptors (Lipinski definition) is 4. The second-order valence-corrected chi connectivity index (χ2v) is 4.55. The lowest BCUT2D eigenvalue weighted by Gasteiger charge is -2.05. The highest BCUT2D eigenvalue weighted by atomic mass is 32.2. The fourth-order valence-corrected chi connectivity index (χ4v) is 2.20. The largest absolute Gasteiger partial charge is 0.330 e. The summed E-state index contributed by atoms with van der Waals surface area (Å²) < 4.78 is 26.9. The summed E-state index contributed by atoms with van der Waals surface area (Å²) in [5.74, 6) is 0. The molecule has 0 aliphatic rings. The first-order valence-corrected chi connectivity index (χ1v) is 5.74. The molecule has 0 aliphatic heterocycles. The van der Waals surface area contributed by atoms with E-state index in [-0.39, 0.29) is 5.03 Å². The fourth-order valence-electron chi connectivity index (χ4n) is 1.01. The smallest absolute Gasteiger partial charge is 0.257 e. The third-order valence-electron chi connectivity index (χ3n) is 1.72. The Bertz CT molecular complexity index is 384. The Kier molecular flexibility index (Phi) is 3.62. The molecule has 0 amide bonds. The highest BCUT2D eigenvalue weighted by Crippen LogP contribution is 2.04. The lowest BCUT2D eigenvalue weighted by molar-refractivity contribution is 0.561.